The van der Waals surface area contributed by atoms with Crippen molar-refractivity contribution in [1.82, 2.24) is 9.88 Å². The molecule has 3 rings (SSSR count). The van der Waals surface area contributed by atoms with Gasteiger partial charge in [-0.2, -0.15) is 0 Å². The van der Waals surface area contributed by atoms with Crippen molar-refractivity contribution in [3.8, 4) is 0 Å². The Morgan fingerprint density at radius 2 is 2.33 bits per heavy atom. The highest BCUT2D eigenvalue weighted by molar-refractivity contribution is 6.06. The molecule has 1 amide bonds. The highest BCUT2D eigenvalue weighted by Crippen LogP contribution is 2.23. The molecule has 1 aliphatic heterocycles. The maximum absolute atomic E-state index is 12.6. The normalized spacial score (nSPS) is 19.6. The Balaban J connectivity index is 1.90. The zero-order chi connectivity index (χ0) is 12.5. The van der Waals surface area contributed by atoms with E-state index in [2.05, 4.69) is 4.98 Å². The lowest BCUT2D eigenvalue weighted by atomic mass is 10.1. The van der Waals surface area contributed by atoms with Crippen LogP contribution in [0.1, 0.15) is 16.8 Å². The molecule has 2 aromatic rings. The van der Waals surface area contributed by atoms with Crippen molar-refractivity contribution < 1.29 is 9.18 Å². The Morgan fingerprint density at radius 1 is 1.44 bits per heavy atom. The van der Waals surface area contributed by atoms with E-state index in [1.807, 2.05) is 30.5 Å². The number of rotatable bonds is 2. The number of carbonyl (C=O) groups is 1. The predicted octanol–water partition coefficient (Wildman–Crippen LogP) is 2.60. The summed E-state index contributed by atoms with van der Waals surface area (Å²) >= 11 is 0. The number of nitrogens with one attached hydrogen (secondary N) is 1. The van der Waals surface area contributed by atoms with Crippen LogP contribution in [0.25, 0.3) is 10.9 Å². The summed E-state index contributed by atoms with van der Waals surface area (Å²) in [5.41, 5.74) is 1.66. The van der Waals surface area contributed by atoms with Crippen LogP contribution >= 0.6 is 0 Å². The van der Waals surface area contributed by atoms with E-state index in [0.29, 0.717) is 18.7 Å². The van der Waals surface area contributed by atoms with E-state index in [9.17, 15) is 9.18 Å². The van der Waals surface area contributed by atoms with Crippen molar-refractivity contribution in [2.75, 3.05) is 19.8 Å². The van der Waals surface area contributed by atoms with Crippen molar-refractivity contribution in [3.63, 3.8) is 0 Å². The molecule has 1 aromatic carbocycles. The molecule has 1 aliphatic rings. The van der Waals surface area contributed by atoms with E-state index >= 15 is 0 Å². The first-order valence-electron chi connectivity index (χ1n) is 6.21. The van der Waals surface area contributed by atoms with E-state index in [1.54, 1.807) is 4.90 Å². The molecule has 0 radical (unpaired) electrons. The molecule has 0 spiro atoms. The molecule has 94 valence electrons. The van der Waals surface area contributed by atoms with Gasteiger partial charge in [0.2, 0.25) is 0 Å². The van der Waals surface area contributed by atoms with Crippen LogP contribution in [0.2, 0.25) is 0 Å². The first kappa shape index (κ1) is 11.3. The number of halogens is 1. The number of carbonyl (C=O) groups excluding carboxylic acids is 1. The third-order valence-corrected chi connectivity index (χ3v) is 3.62. The number of H-pyrrole nitrogens is 1. The second-order valence-electron chi connectivity index (χ2n) is 4.80. The summed E-state index contributed by atoms with van der Waals surface area (Å²) in [5, 5.41) is 0.936. The fraction of sp³-hybridized carbons (Fsp3) is 0.357. The van der Waals surface area contributed by atoms with Crippen molar-refractivity contribution in [3.05, 3.63) is 36.0 Å². The molecule has 3 nitrogen and oxygen atoms in total. The average Bonchev–Trinajstić information content (AvgIpc) is 3.05. The van der Waals surface area contributed by atoms with Gasteiger partial charge < -0.3 is 9.88 Å². The fourth-order valence-electron chi connectivity index (χ4n) is 2.59. The number of hydrogen-bond acceptors (Lipinski definition) is 1. The number of nitrogens with zero attached hydrogens (tertiary/aromatic N) is 1. The maximum Gasteiger partial charge on any atom is 0.254 e. The lowest BCUT2D eigenvalue weighted by Crippen LogP contribution is -2.29. The summed E-state index contributed by atoms with van der Waals surface area (Å²) in [7, 11) is 0. The monoisotopic (exact) mass is 246 g/mol. The molecule has 1 N–H and O–H groups in total. The number of fused-ring (bicyclic) bond motifs is 1. The largest absolute Gasteiger partial charge is 0.361 e. The van der Waals surface area contributed by atoms with Crippen LogP contribution in [-0.2, 0) is 0 Å². The second kappa shape index (κ2) is 4.44. The number of amides is 1. The molecule has 1 atom stereocenters. The highest BCUT2D eigenvalue weighted by atomic mass is 19.1. The van der Waals surface area contributed by atoms with Gasteiger partial charge in [0.25, 0.3) is 5.91 Å². The summed E-state index contributed by atoms with van der Waals surface area (Å²) in [4.78, 5) is 17.3. The van der Waals surface area contributed by atoms with Gasteiger partial charge in [-0.3, -0.25) is 9.18 Å². The topological polar surface area (TPSA) is 36.1 Å². The Kier molecular flexibility index (Phi) is 2.78. The second-order valence-corrected chi connectivity index (χ2v) is 4.80. The van der Waals surface area contributed by atoms with Gasteiger partial charge in [-0.05, 0) is 24.6 Å². The number of benzene rings is 1. The molecule has 1 unspecified atom stereocenters. The Hall–Kier alpha value is -1.84. The Morgan fingerprint density at radius 3 is 3.11 bits per heavy atom. The van der Waals surface area contributed by atoms with Crippen LogP contribution in [0, 0.1) is 5.92 Å². The first-order chi connectivity index (χ1) is 8.79. The van der Waals surface area contributed by atoms with Crippen molar-refractivity contribution >= 4 is 16.8 Å². The molecule has 2 heterocycles. The molecule has 4 heteroatoms. The van der Waals surface area contributed by atoms with E-state index in [0.717, 1.165) is 17.3 Å². The molecule has 18 heavy (non-hydrogen) atoms. The van der Waals surface area contributed by atoms with Crippen molar-refractivity contribution in [2.45, 2.75) is 6.42 Å². The number of likely N-dealkylation sites (tertiary alicyclic amines) is 1. The zero-order valence-corrected chi connectivity index (χ0v) is 10.0. The molecular weight excluding hydrogens is 231 g/mol. The third kappa shape index (κ3) is 1.78. The number of hydrogen-bond donors (Lipinski definition) is 1. The number of aromatic nitrogens is 1. The van der Waals surface area contributed by atoms with E-state index in [1.165, 1.54) is 0 Å². The van der Waals surface area contributed by atoms with Crippen molar-refractivity contribution in [2.24, 2.45) is 5.92 Å². The maximum atomic E-state index is 12.6. The molecule has 1 saturated heterocycles. The van der Waals surface area contributed by atoms with Gasteiger partial charge in [0.05, 0.1) is 6.67 Å². The van der Waals surface area contributed by atoms with Gasteiger partial charge in [-0.1, -0.05) is 6.07 Å². The quantitative estimate of drug-likeness (QED) is 0.868. The number of alkyl halides is 1. The summed E-state index contributed by atoms with van der Waals surface area (Å²) in [6.07, 6.45) is 2.60. The van der Waals surface area contributed by atoms with Crippen LogP contribution in [0.15, 0.2) is 30.5 Å². The highest BCUT2D eigenvalue weighted by Gasteiger charge is 2.27. The minimum Gasteiger partial charge on any atom is -0.361 e. The molecule has 1 aromatic heterocycles. The summed E-state index contributed by atoms with van der Waals surface area (Å²) in [6, 6.07) is 7.56. The standard InChI is InChI=1S/C14H15FN2O/c15-8-10-5-7-17(9-10)14(18)12-2-1-3-13-11(12)4-6-16-13/h1-4,6,10,16H,5,7-9H2. The van der Waals surface area contributed by atoms with Gasteiger partial charge in [0.1, 0.15) is 0 Å². The van der Waals surface area contributed by atoms with Gasteiger partial charge in [0.15, 0.2) is 0 Å². The van der Waals surface area contributed by atoms with Crippen LogP contribution in [0.5, 0.6) is 0 Å². The van der Waals surface area contributed by atoms with E-state index in [-0.39, 0.29) is 18.5 Å². The SMILES string of the molecule is O=C(c1cccc2[nH]ccc12)N1CCC(CF)C1. The number of aromatic amines is 1. The molecule has 0 aliphatic carbocycles. The van der Waals surface area contributed by atoms with Gasteiger partial charge in [-0.15, -0.1) is 0 Å². The Bertz CT molecular complexity index is 578. The van der Waals surface area contributed by atoms with Crippen LogP contribution < -0.4 is 0 Å². The Labute approximate surface area is 105 Å². The molecular formula is C14H15FN2O. The first-order valence-corrected chi connectivity index (χ1v) is 6.21. The van der Waals surface area contributed by atoms with E-state index in [4.69, 9.17) is 0 Å². The van der Waals surface area contributed by atoms with Gasteiger partial charge in [0, 0.05) is 41.7 Å². The minimum atomic E-state index is -0.335. The van der Waals surface area contributed by atoms with Crippen LogP contribution in [0.4, 0.5) is 4.39 Å². The lowest BCUT2D eigenvalue weighted by Gasteiger charge is -2.16. The summed E-state index contributed by atoms with van der Waals surface area (Å²) in [5.74, 6) is 0.0236. The summed E-state index contributed by atoms with van der Waals surface area (Å²) in [6.45, 7) is 0.864. The van der Waals surface area contributed by atoms with Crippen LogP contribution in [0.3, 0.4) is 0 Å². The molecule has 0 saturated carbocycles. The van der Waals surface area contributed by atoms with Crippen LogP contribution in [-0.4, -0.2) is 35.6 Å². The predicted molar refractivity (Wildman–Crippen MR) is 68.3 cm³/mol. The van der Waals surface area contributed by atoms with Crippen molar-refractivity contribution in [1.29, 1.82) is 0 Å². The smallest absolute Gasteiger partial charge is 0.254 e. The minimum absolute atomic E-state index is 0.0103. The lowest BCUT2D eigenvalue weighted by molar-refractivity contribution is 0.0787. The van der Waals surface area contributed by atoms with Gasteiger partial charge in [-0.25, -0.2) is 0 Å². The van der Waals surface area contributed by atoms with Gasteiger partial charge >= 0.3 is 0 Å². The third-order valence-electron chi connectivity index (χ3n) is 3.62. The average molecular weight is 246 g/mol. The fourth-order valence-corrected chi connectivity index (χ4v) is 2.59. The van der Waals surface area contributed by atoms with E-state index < -0.39 is 0 Å². The summed E-state index contributed by atoms with van der Waals surface area (Å²) < 4.78 is 12.6. The molecule has 1 fully saturated rings. The molecule has 0 bridgehead atoms. The zero-order valence-electron chi connectivity index (χ0n) is 10.0.